The van der Waals surface area contributed by atoms with Gasteiger partial charge in [-0.05, 0) is 31.0 Å². The number of nitrogens with one attached hydrogen (secondary N) is 1. The van der Waals surface area contributed by atoms with Gasteiger partial charge in [-0.3, -0.25) is 4.79 Å². The van der Waals surface area contributed by atoms with E-state index in [0.717, 1.165) is 6.42 Å². The second-order valence-electron chi connectivity index (χ2n) is 6.70. The highest BCUT2D eigenvalue weighted by molar-refractivity contribution is 5.84. The molecule has 0 bridgehead atoms. The van der Waals surface area contributed by atoms with Crippen LogP contribution >= 0.6 is 0 Å². The van der Waals surface area contributed by atoms with E-state index in [1.165, 1.54) is 5.56 Å². The van der Waals surface area contributed by atoms with Crippen LogP contribution in [0.4, 0.5) is 0 Å². The van der Waals surface area contributed by atoms with E-state index >= 15 is 0 Å². The Morgan fingerprint density at radius 1 is 1.11 bits per heavy atom. The molecule has 0 fully saturated rings. The molecule has 6 nitrogen and oxygen atoms in total. The van der Waals surface area contributed by atoms with Gasteiger partial charge in [-0.25, -0.2) is 4.79 Å². The zero-order chi connectivity index (χ0) is 19.9. The summed E-state index contributed by atoms with van der Waals surface area (Å²) in [6.07, 6.45) is -0.912. The van der Waals surface area contributed by atoms with Crippen LogP contribution in [0, 0.1) is 0 Å². The molecule has 3 atom stereocenters. The van der Waals surface area contributed by atoms with Crippen molar-refractivity contribution in [1.82, 2.24) is 5.32 Å². The summed E-state index contributed by atoms with van der Waals surface area (Å²) >= 11 is 0. The molecule has 0 saturated heterocycles. The normalized spacial score (nSPS) is 17.3. The Bertz CT molecular complexity index is 808. The maximum Gasteiger partial charge on any atom is 0.351 e. The van der Waals surface area contributed by atoms with Crippen molar-refractivity contribution in [2.24, 2.45) is 0 Å². The first-order valence-corrected chi connectivity index (χ1v) is 9.50. The number of rotatable bonds is 7. The van der Waals surface area contributed by atoms with Crippen LogP contribution < -0.4 is 14.8 Å². The topological polar surface area (TPSA) is 73.9 Å². The average molecular weight is 383 g/mol. The smallest absolute Gasteiger partial charge is 0.351 e. The van der Waals surface area contributed by atoms with Crippen LogP contribution in [-0.4, -0.2) is 37.2 Å². The Balaban J connectivity index is 1.49. The Morgan fingerprint density at radius 2 is 1.79 bits per heavy atom. The lowest BCUT2D eigenvalue weighted by molar-refractivity contribution is -0.163. The van der Waals surface area contributed by atoms with Crippen molar-refractivity contribution in [3.63, 3.8) is 0 Å². The molecule has 0 saturated carbocycles. The largest absolute Gasteiger partial charge is 0.485 e. The number of benzene rings is 2. The third kappa shape index (κ3) is 4.82. The Hall–Kier alpha value is -3.02. The van der Waals surface area contributed by atoms with Crippen LogP contribution in [0.25, 0.3) is 0 Å². The van der Waals surface area contributed by atoms with Gasteiger partial charge >= 0.3 is 5.97 Å². The molecule has 1 aliphatic heterocycles. The number of amides is 1. The summed E-state index contributed by atoms with van der Waals surface area (Å²) in [4.78, 5) is 24.7. The molecule has 1 amide bonds. The fraction of sp³-hybridized carbons (Fsp3) is 0.364. The van der Waals surface area contributed by atoms with Crippen molar-refractivity contribution in [1.29, 1.82) is 0 Å². The molecular weight excluding hydrogens is 358 g/mol. The van der Waals surface area contributed by atoms with Gasteiger partial charge in [0.25, 0.3) is 5.91 Å². The lowest BCUT2D eigenvalue weighted by atomic mass is 9.96. The molecule has 148 valence electrons. The molecule has 0 unspecified atom stereocenters. The van der Waals surface area contributed by atoms with Crippen molar-refractivity contribution < 1.29 is 23.8 Å². The quantitative estimate of drug-likeness (QED) is 0.744. The van der Waals surface area contributed by atoms with E-state index < -0.39 is 18.2 Å². The number of hydrogen-bond donors (Lipinski definition) is 1. The van der Waals surface area contributed by atoms with Gasteiger partial charge in [-0.1, -0.05) is 49.4 Å². The van der Waals surface area contributed by atoms with E-state index in [1.54, 1.807) is 25.1 Å². The van der Waals surface area contributed by atoms with Gasteiger partial charge in [0.05, 0.1) is 0 Å². The predicted octanol–water partition coefficient (Wildman–Crippen LogP) is 3.07. The molecular formula is C22H25NO5. The van der Waals surface area contributed by atoms with Gasteiger partial charge in [-0.2, -0.15) is 0 Å². The van der Waals surface area contributed by atoms with Crippen molar-refractivity contribution in [2.75, 3.05) is 13.2 Å². The average Bonchev–Trinajstić information content (AvgIpc) is 2.74. The van der Waals surface area contributed by atoms with Gasteiger partial charge in [0.1, 0.15) is 6.61 Å². The van der Waals surface area contributed by atoms with E-state index in [0.29, 0.717) is 18.0 Å². The van der Waals surface area contributed by atoms with E-state index in [1.807, 2.05) is 36.4 Å². The minimum Gasteiger partial charge on any atom is -0.485 e. The number of ether oxygens (including phenoxy) is 3. The highest BCUT2D eigenvalue weighted by atomic mass is 16.6. The van der Waals surface area contributed by atoms with E-state index in [-0.39, 0.29) is 18.4 Å². The lowest BCUT2D eigenvalue weighted by Gasteiger charge is -2.26. The molecule has 0 aliphatic carbocycles. The van der Waals surface area contributed by atoms with Crippen LogP contribution in [0.5, 0.6) is 11.5 Å². The molecule has 0 aromatic heterocycles. The number of carbonyl (C=O) groups excluding carboxylic acids is 2. The van der Waals surface area contributed by atoms with Crippen LogP contribution in [0.3, 0.4) is 0 Å². The number of esters is 1. The summed E-state index contributed by atoms with van der Waals surface area (Å²) < 4.78 is 16.4. The van der Waals surface area contributed by atoms with Crippen LogP contribution in [0.1, 0.15) is 31.7 Å². The molecule has 1 heterocycles. The SMILES string of the molecule is CC[C@H](CNC(=O)[C@@H](C)OC(=O)[C@@H]1COc2ccccc2O1)c1ccccc1. The highest BCUT2D eigenvalue weighted by Crippen LogP contribution is 2.31. The third-order valence-electron chi connectivity index (χ3n) is 4.72. The van der Waals surface area contributed by atoms with Gasteiger partial charge in [-0.15, -0.1) is 0 Å². The van der Waals surface area contributed by atoms with E-state index in [2.05, 4.69) is 12.2 Å². The van der Waals surface area contributed by atoms with Crippen LogP contribution in [-0.2, 0) is 14.3 Å². The standard InChI is InChI=1S/C22H25NO5/c1-3-16(17-9-5-4-6-10-17)13-23-21(24)15(2)27-22(25)20-14-26-18-11-7-8-12-19(18)28-20/h4-12,15-16,20H,3,13-14H2,1-2H3,(H,23,24)/t15-,16-,20+/m1/s1. The first kappa shape index (κ1) is 19.7. The van der Waals surface area contributed by atoms with E-state index in [4.69, 9.17) is 14.2 Å². The molecule has 2 aromatic carbocycles. The molecule has 3 rings (SSSR count). The maximum absolute atomic E-state index is 12.4. The predicted molar refractivity (Wildman–Crippen MR) is 104 cm³/mol. The summed E-state index contributed by atoms with van der Waals surface area (Å²) in [7, 11) is 0. The zero-order valence-corrected chi connectivity index (χ0v) is 16.1. The van der Waals surface area contributed by atoms with Crippen LogP contribution in [0.2, 0.25) is 0 Å². The first-order chi connectivity index (χ1) is 13.6. The lowest BCUT2D eigenvalue weighted by Crippen LogP contribution is -2.43. The second-order valence-corrected chi connectivity index (χ2v) is 6.70. The first-order valence-electron chi connectivity index (χ1n) is 9.50. The van der Waals surface area contributed by atoms with Gasteiger partial charge in [0.2, 0.25) is 6.10 Å². The molecule has 28 heavy (non-hydrogen) atoms. The summed E-state index contributed by atoms with van der Waals surface area (Å²) in [5.74, 6) is 0.331. The van der Waals surface area contributed by atoms with Crippen molar-refractivity contribution in [3.05, 3.63) is 60.2 Å². The zero-order valence-electron chi connectivity index (χ0n) is 16.1. The second kappa shape index (κ2) is 9.26. The van der Waals surface area contributed by atoms with Gasteiger partial charge < -0.3 is 19.5 Å². The number of fused-ring (bicyclic) bond motifs is 1. The number of para-hydroxylation sites is 2. The van der Waals surface area contributed by atoms with Gasteiger partial charge in [0, 0.05) is 12.5 Å². The van der Waals surface area contributed by atoms with Crippen molar-refractivity contribution in [3.8, 4) is 11.5 Å². The molecule has 1 N–H and O–H groups in total. The molecule has 1 aliphatic rings. The summed E-state index contributed by atoms with van der Waals surface area (Å²) in [5, 5.41) is 2.87. The van der Waals surface area contributed by atoms with E-state index in [9.17, 15) is 9.59 Å². The molecule has 0 spiro atoms. The fourth-order valence-corrected chi connectivity index (χ4v) is 3.03. The fourth-order valence-electron chi connectivity index (χ4n) is 3.03. The number of carbonyl (C=O) groups is 2. The summed E-state index contributed by atoms with van der Waals surface area (Å²) in [5.41, 5.74) is 1.17. The van der Waals surface area contributed by atoms with Crippen LogP contribution in [0.15, 0.2) is 54.6 Å². The monoisotopic (exact) mass is 383 g/mol. The molecule has 0 radical (unpaired) electrons. The molecule has 2 aromatic rings. The maximum atomic E-state index is 12.4. The van der Waals surface area contributed by atoms with Gasteiger partial charge in [0.15, 0.2) is 17.6 Å². The summed E-state index contributed by atoms with van der Waals surface area (Å²) in [6, 6.07) is 17.1. The number of hydrogen-bond acceptors (Lipinski definition) is 5. The van der Waals surface area contributed by atoms with Crippen molar-refractivity contribution in [2.45, 2.75) is 38.4 Å². The highest BCUT2D eigenvalue weighted by Gasteiger charge is 2.31. The van der Waals surface area contributed by atoms with Crippen molar-refractivity contribution >= 4 is 11.9 Å². The third-order valence-corrected chi connectivity index (χ3v) is 4.72. The Labute approximate surface area is 164 Å². The Kier molecular flexibility index (Phi) is 6.53. The molecule has 6 heteroatoms. The summed E-state index contributed by atoms with van der Waals surface area (Å²) in [6.45, 7) is 4.16. The minimum atomic E-state index is -0.915. The Morgan fingerprint density at radius 3 is 2.50 bits per heavy atom. The minimum absolute atomic E-state index is 0.0517.